The summed E-state index contributed by atoms with van der Waals surface area (Å²) in [5.41, 5.74) is 0.986. The zero-order valence-electron chi connectivity index (χ0n) is 7.75. The zero-order valence-corrected chi connectivity index (χ0v) is 9.91. The minimum Gasteiger partial charge on any atom is -0.494 e. The highest BCUT2D eigenvalue weighted by molar-refractivity contribution is 14.1. The lowest BCUT2D eigenvalue weighted by Crippen LogP contribution is -2.19. The first-order chi connectivity index (χ1) is 6.81. The van der Waals surface area contributed by atoms with Crippen LogP contribution < -0.4 is 10.1 Å². The molecule has 0 radical (unpaired) electrons. The van der Waals surface area contributed by atoms with E-state index in [2.05, 4.69) is 37.9 Å². The normalized spacial score (nSPS) is 14.9. The number of nitrogens with one attached hydrogen (secondary N) is 1. The van der Waals surface area contributed by atoms with Crippen molar-refractivity contribution in [3.63, 3.8) is 0 Å². The molecule has 0 unspecified atom stereocenters. The van der Waals surface area contributed by atoms with Crippen molar-refractivity contribution in [1.29, 1.82) is 0 Å². The Balaban J connectivity index is 2.35. The second-order valence-electron chi connectivity index (χ2n) is 2.87. The number of halogens is 1. The van der Waals surface area contributed by atoms with Crippen molar-refractivity contribution >= 4 is 28.4 Å². The number of nitrogens with zero attached hydrogens (tertiary/aromatic N) is 2. The molecular formula is C9H10IN3O. The highest BCUT2D eigenvalue weighted by atomic mass is 127. The van der Waals surface area contributed by atoms with Crippen molar-refractivity contribution in [2.24, 2.45) is 4.99 Å². The number of hydrogen-bond donors (Lipinski definition) is 1. The van der Waals surface area contributed by atoms with E-state index < -0.39 is 0 Å². The van der Waals surface area contributed by atoms with Crippen molar-refractivity contribution in [2.75, 3.05) is 20.2 Å². The van der Waals surface area contributed by atoms with Gasteiger partial charge in [-0.05, 0) is 28.7 Å². The predicted molar refractivity (Wildman–Crippen MR) is 62.9 cm³/mol. The second kappa shape index (κ2) is 4.12. The van der Waals surface area contributed by atoms with Gasteiger partial charge in [0.2, 0.25) is 0 Å². The van der Waals surface area contributed by atoms with Crippen LogP contribution in [0.3, 0.4) is 0 Å². The molecule has 1 aromatic rings. The lowest BCUT2D eigenvalue weighted by Gasteiger charge is -2.06. The van der Waals surface area contributed by atoms with E-state index in [1.54, 1.807) is 13.3 Å². The van der Waals surface area contributed by atoms with E-state index in [1.807, 2.05) is 6.07 Å². The molecule has 0 bridgehead atoms. The van der Waals surface area contributed by atoms with Crippen LogP contribution in [0.4, 0.5) is 0 Å². The molecule has 2 heterocycles. The highest BCUT2D eigenvalue weighted by Crippen LogP contribution is 2.19. The van der Waals surface area contributed by atoms with Gasteiger partial charge in [-0.25, -0.2) is 4.98 Å². The van der Waals surface area contributed by atoms with Gasteiger partial charge in [0.1, 0.15) is 9.54 Å². The largest absolute Gasteiger partial charge is 0.494 e. The van der Waals surface area contributed by atoms with Crippen LogP contribution in [-0.2, 0) is 0 Å². The van der Waals surface area contributed by atoms with Crippen molar-refractivity contribution < 1.29 is 4.74 Å². The third kappa shape index (κ3) is 1.82. The summed E-state index contributed by atoms with van der Waals surface area (Å²) in [6.07, 6.45) is 1.81. The molecule has 5 heteroatoms. The number of methoxy groups -OCH3 is 1. The smallest absolute Gasteiger partial charge is 0.151 e. The summed E-state index contributed by atoms with van der Waals surface area (Å²) in [6, 6.07) is 1.95. The topological polar surface area (TPSA) is 46.5 Å². The van der Waals surface area contributed by atoms with E-state index in [0.29, 0.717) is 0 Å². The average Bonchev–Trinajstić information content (AvgIpc) is 2.71. The molecule has 14 heavy (non-hydrogen) atoms. The van der Waals surface area contributed by atoms with E-state index in [4.69, 9.17) is 4.74 Å². The molecule has 0 saturated carbocycles. The van der Waals surface area contributed by atoms with E-state index in [1.165, 1.54) is 0 Å². The molecule has 0 aliphatic carbocycles. The summed E-state index contributed by atoms with van der Waals surface area (Å²) >= 11 is 2.14. The minimum atomic E-state index is 0.791. The molecule has 0 amide bonds. The van der Waals surface area contributed by atoms with Crippen molar-refractivity contribution in [1.82, 2.24) is 10.3 Å². The predicted octanol–water partition coefficient (Wildman–Crippen LogP) is 1.04. The van der Waals surface area contributed by atoms with E-state index in [9.17, 15) is 0 Å². The molecule has 0 fully saturated rings. The molecular weight excluding hydrogens is 293 g/mol. The van der Waals surface area contributed by atoms with Crippen LogP contribution >= 0.6 is 22.6 Å². The summed E-state index contributed by atoms with van der Waals surface area (Å²) in [7, 11) is 1.65. The van der Waals surface area contributed by atoms with E-state index in [-0.39, 0.29) is 0 Å². The maximum atomic E-state index is 5.19. The van der Waals surface area contributed by atoms with Crippen LogP contribution in [0.15, 0.2) is 17.3 Å². The molecule has 1 N–H and O–H groups in total. The highest BCUT2D eigenvalue weighted by Gasteiger charge is 2.10. The molecule has 1 aliphatic heterocycles. The van der Waals surface area contributed by atoms with Gasteiger partial charge in [0, 0.05) is 18.3 Å². The van der Waals surface area contributed by atoms with Gasteiger partial charge >= 0.3 is 0 Å². The number of aliphatic imine (C=N–C) groups is 1. The zero-order chi connectivity index (χ0) is 9.97. The molecule has 74 valence electrons. The lowest BCUT2D eigenvalue weighted by molar-refractivity contribution is 0.409. The molecule has 1 aliphatic rings. The van der Waals surface area contributed by atoms with Gasteiger partial charge in [0.05, 0.1) is 13.7 Å². The van der Waals surface area contributed by atoms with Gasteiger partial charge in [-0.3, -0.25) is 4.99 Å². The molecule has 0 saturated heterocycles. The van der Waals surface area contributed by atoms with Gasteiger partial charge in [-0.15, -0.1) is 0 Å². The fourth-order valence-electron chi connectivity index (χ4n) is 1.29. The van der Waals surface area contributed by atoms with Crippen LogP contribution in [0.1, 0.15) is 5.56 Å². The maximum Gasteiger partial charge on any atom is 0.151 e. The third-order valence-corrected chi connectivity index (χ3v) is 2.78. The van der Waals surface area contributed by atoms with E-state index >= 15 is 0 Å². The Morgan fingerprint density at radius 3 is 3.07 bits per heavy atom. The molecule has 0 atom stereocenters. The van der Waals surface area contributed by atoms with E-state index in [0.717, 1.165) is 33.9 Å². The quantitative estimate of drug-likeness (QED) is 0.656. The van der Waals surface area contributed by atoms with Crippen molar-refractivity contribution in [3.05, 3.63) is 21.5 Å². The van der Waals surface area contributed by atoms with Crippen LogP contribution in [-0.4, -0.2) is 31.0 Å². The van der Waals surface area contributed by atoms with Gasteiger partial charge in [0.15, 0.2) is 5.75 Å². The number of pyridine rings is 1. The number of rotatable bonds is 2. The molecule has 0 spiro atoms. The number of aromatic nitrogens is 1. The summed E-state index contributed by atoms with van der Waals surface area (Å²) in [6.45, 7) is 1.74. The Morgan fingerprint density at radius 2 is 2.43 bits per heavy atom. The van der Waals surface area contributed by atoms with Crippen LogP contribution in [0.25, 0.3) is 0 Å². The standard InChI is InChI=1S/C9H10IN3O/c1-14-7-4-6(5-13-8(7)10)9-11-2-3-12-9/h4-5H,2-3H2,1H3,(H,11,12). The first kappa shape index (κ1) is 9.70. The summed E-state index contributed by atoms with van der Waals surface area (Å²) in [4.78, 5) is 8.55. The third-order valence-electron chi connectivity index (χ3n) is 1.97. The first-order valence-corrected chi connectivity index (χ1v) is 5.37. The summed E-state index contributed by atoms with van der Waals surface area (Å²) in [5.74, 6) is 1.70. The molecule has 0 aromatic carbocycles. The Labute approximate surface area is 95.9 Å². The summed E-state index contributed by atoms with van der Waals surface area (Å²) < 4.78 is 6.06. The Hall–Kier alpha value is -0.850. The van der Waals surface area contributed by atoms with Gasteiger partial charge < -0.3 is 10.1 Å². The SMILES string of the molecule is COc1cc(C2=NCCN2)cnc1I. The monoisotopic (exact) mass is 303 g/mol. The molecule has 4 nitrogen and oxygen atoms in total. The maximum absolute atomic E-state index is 5.19. The lowest BCUT2D eigenvalue weighted by atomic mass is 10.2. The first-order valence-electron chi connectivity index (χ1n) is 4.29. The fourth-order valence-corrected chi connectivity index (χ4v) is 1.81. The number of hydrogen-bond acceptors (Lipinski definition) is 4. The van der Waals surface area contributed by atoms with Gasteiger partial charge in [0.25, 0.3) is 0 Å². The van der Waals surface area contributed by atoms with Crippen molar-refractivity contribution in [2.45, 2.75) is 0 Å². The van der Waals surface area contributed by atoms with Gasteiger partial charge in [-0.2, -0.15) is 0 Å². The average molecular weight is 303 g/mol. The van der Waals surface area contributed by atoms with Crippen molar-refractivity contribution in [3.8, 4) is 5.75 Å². The second-order valence-corrected chi connectivity index (χ2v) is 3.90. The molecule has 1 aromatic heterocycles. The number of ether oxygens (including phenoxy) is 1. The number of amidine groups is 1. The fraction of sp³-hybridized carbons (Fsp3) is 0.333. The Morgan fingerprint density at radius 1 is 1.57 bits per heavy atom. The van der Waals surface area contributed by atoms with Crippen LogP contribution in [0, 0.1) is 3.70 Å². The summed E-state index contributed by atoms with van der Waals surface area (Å²) in [5, 5.41) is 3.20. The Kier molecular flexibility index (Phi) is 2.85. The molecule has 2 rings (SSSR count). The van der Waals surface area contributed by atoms with Crippen LogP contribution in [0.5, 0.6) is 5.75 Å². The van der Waals surface area contributed by atoms with Gasteiger partial charge in [-0.1, -0.05) is 0 Å². The Bertz CT molecular complexity index is 378. The minimum absolute atomic E-state index is 0.791. The van der Waals surface area contributed by atoms with Crippen LogP contribution in [0.2, 0.25) is 0 Å².